The molecule has 0 aliphatic rings. The predicted molar refractivity (Wildman–Crippen MR) is 83.5 cm³/mol. The summed E-state index contributed by atoms with van der Waals surface area (Å²) in [6, 6.07) is 15.5. The summed E-state index contributed by atoms with van der Waals surface area (Å²) < 4.78 is 1.04. The molecule has 19 heavy (non-hydrogen) atoms. The Morgan fingerprint density at radius 1 is 1.11 bits per heavy atom. The smallest absolute Gasteiger partial charge is 0.251 e. The van der Waals surface area contributed by atoms with E-state index in [1.165, 1.54) is 0 Å². The van der Waals surface area contributed by atoms with E-state index in [2.05, 4.69) is 21.2 Å². The third kappa shape index (κ3) is 4.11. The zero-order valence-electron chi connectivity index (χ0n) is 10.5. The number of hydrogen-bond acceptors (Lipinski definition) is 2. The van der Waals surface area contributed by atoms with Gasteiger partial charge < -0.3 is 5.32 Å². The van der Waals surface area contributed by atoms with E-state index in [1.54, 1.807) is 11.8 Å². The van der Waals surface area contributed by atoms with Crippen LogP contribution in [0.3, 0.4) is 0 Å². The molecule has 2 nitrogen and oxygen atoms in total. The normalized spacial score (nSPS) is 10.2. The lowest BCUT2D eigenvalue weighted by atomic mass is 10.2. The van der Waals surface area contributed by atoms with Crippen LogP contribution in [0.5, 0.6) is 0 Å². The molecule has 98 valence electrons. The van der Waals surface area contributed by atoms with Gasteiger partial charge in [0.2, 0.25) is 0 Å². The van der Waals surface area contributed by atoms with Crippen LogP contribution in [0.25, 0.3) is 0 Å². The van der Waals surface area contributed by atoms with Crippen molar-refractivity contribution < 1.29 is 4.79 Å². The topological polar surface area (TPSA) is 29.1 Å². The van der Waals surface area contributed by atoms with Gasteiger partial charge in [-0.15, -0.1) is 11.8 Å². The van der Waals surface area contributed by atoms with Crippen molar-refractivity contribution in [1.29, 1.82) is 0 Å². The Bertz CT molecular complexity index is 551. The number of amides is 1. The van der Waals surface area contributed by atoms with Crippen LogP contribution in [0, 0.1) is 0 Å². The van der Waals surface area contributed by atoms with Gasteiger partial charge in [0, 0.05) is 21.5 Å². The van der Waals surface area contributed by atoms with Crippen molar-refractivity contribution in [2.75, 3.05) is 6.26 Å². The number of nitrogens with one attached hydrogen (secondary N) is 1. The Morgan fingerprint density at radius 2 is 1.74 bits per heavy atom. The van der Waals surface area contributed by atoms with Crippen LogP contribution in [0.4, 0.5) is 0 Å². The van der Waals surface area contributed by atoms with Crippen LogP contribution >= 0.6 is 27.7 Å². The Balaban J connectivity index is 1.95. The number of hydrogen-bond donors (Lipinski definition) is 1. The molecule has 1 amide bonds. The van der Waals surface area contributed by atoms with E-state index in [1.807, 2.05) is 54.8 Å². The van der Waals surface area contributed by atoms with Crippen molar-refractivity contribution >= 4 is 33.6 Å². The fourth-order valence-corrected chi connectivity index (χ4v) is 2.30. The second-order valence-corrected chi connectivity index (χ2v) is 5.83. The van der Waals surface area contributed by atoms with Gasteiger partial charge in [0.25, 0.3) is 5.91 Å². The molecule has 0 spiro atoms. The third-order valence-corrected chi connectivity index (χ3v) is 3.99. The standard InChI is InChI=1S/C15H14BrNOS/c1-19-14-8-4-12(5-9-14)15(18)17-10-11-2-6-13(16)7-3-11/h2-9H,10H2,1H3,(H,17,18). The van der Waals surface area contributed by atoms with E-state index < -0.39 is 0 Å². The van der Waals surface area contributed by atoms with E-state index in [9.17, 15) is 4.79 Å². The van der Waals surface area contributed by atoms with Crippen LogP contribution in [0.15, 0.2) is 57.9 Å². The van der Waals surface area contributed by atoms with E-state index in [0.717, 1.165) is 14.9 Å². The number of carbonyl (C=O) groups excluding carboxylic acids is 1. The summed E-state index contributed by atoms with van der Waals surface area (Å²) in [6.45, 7) is 0.538. The summed E-state index contributed by atoms with van der Waals surface area (Å²) >= 11 is 5.05. The van der Waals surface area contributed by atoms with Crippen LogP contribution in [0.2, 0.25) is 0 Å². The molecule has 0 heterocycles. The molecule has 0 atom stereocenters. The molecule has 0 saturated heterocycles. The lowest BCUT2D eigenvalue weighted by Crippen LogP contribution is -2.22. The van der Waals surface area contributed by atoms with Crippen LogP contribution < -0.4 is 5.32 Å². The van der Waals surface area contributed by atoms with E-state index >= 15 is 0 Å². The molecule has 2 rings (SSSR count). The van der Waals surface area contributed by atoms with Gasteiger partial charge in [0.15, 0.2) is 0 Å². The summed E-state index contributed by atoms with van der Waals surface area (Å²) in [4.78, 5) is 13.1. The van der Waals surface area contributed by atoms with Gasteiger partial charge in [-0.1, -0.05) is 28.1 Å². The minimum absolute atomic E-state index is 0.0458. The molecule has 0 unspecified atom stereocenters. The highest BCUT2D eigenvalue weighted by Crippen LogP contribution is 2.15. The van der Waals surface area contributed by atoms with Gasteiger partial charge >= 0.3 is 0 Å². The van der Waals surface area contributed by atoms with E-state index in [0.29, 0.717) is 12.1 Å². The van der Waals surface area contributed by atoms with Gasteiger partial charge in [-0.25, -0.2) is 0 Å². The van der Waals surface area contributed by atoms with Crippen molar-refractivity contribution in [2.45, 2.75) is 11.4 Å². The monoisotopic (exact) mass is 335 g/mol. The molecule has 0 bridgehead atoms. The van der Waals surface area contributed by atoms with Gasteiger partial charge in [-0.05, 0) is 48.2 Å². The summed E-state index contributed by atoms with van der Waals surface area (Å²) in [5.41, 5.74) is 1.77. The van der Waals surface area contributed by atoms with Crippen LogP contribution in [-0.2, 0) is 6.54 Å². The molecule has 0 aromatic heterocycles. The molecule has 1 N–H and O–H groups in total. The van der Waals surface area contributed by atoms with Gasteiger partial charge in [-0.2, -0.15) is 0 Å². The quantitative estimate of drug-likeness (QED) is 0.852. The van der Waals surface area contributed by atoms with Crippen molar-refractivity contribution in [3.05, 3.63) is 64.1 Å². The van der Waals surface area contributed by atoms with Gasteiger partial charge in [0.05, 0.1) is 0 Å². The number of halogens is 1. The maximum Gasteiger partial charge on any atom is 0.251 e. The Kier molecular flexibility index (Phi) is 5.05. The Labute approximate surface area is 125 Å². The summed E-state index contributed by atoms with van der Waals surface area (Å²) in [6.07, 6.45) is 2.02. The number of rotatable bonds is 4. The third-order valence-electron chi connectivity index (χ3n) is 2.72. The average molecular weight is 336 g/mol. The molecule has 2 aromatic carbocycles. The van der Waals surface area contributed by atoms with Gasteiger partial charge in [-0.3, -0.25) is 4.79 Å². The first-order valence-electron chi connectivity index (χ1n) is 5.86. The first-order valence-corrected chi connectivity index (χ1v) is 7.87. The summed E-state index contributed by atoms with van der Waals surface area (Å²) in [5, 5.41) is 2.91. The lowest BCUT2D eigenvalue weighted by Gasteiger charge is -2.06. The molecule has 0 aliphatic carbocycles. The Morgan fingerprint density at radius 3 is 2.32 bits per heavy atom. The first kappa shape index (κ1) is 14.2. The number of carbonyl (C=O) groups is 1. The number of benzene rings is 2. The highest BCUT2D eigenvalue weighted by atomic mass is 79.9. The fraction of sp³-hybridized carbons (Fsp3) is 0.133. The van der Waals surface area contributed by atoms with Crippen molar-refractivity contribution in [3.8, 4) is 0 Å². The molecule has 0 fully saturated rings. The largest absolute Gasteiger partial charge is 0.348 e. The molecule has 0 saturated carbocycles. The summed E-state index contributed by atoms with van der Waals surface area (Å²) in [7, 11) is 0. The van der Waals surface area contributed by atoms with E-state index in [-0.39, 0.29) is 5.91 Å². The van der Waals surface area contributed by atoms with Crippen molar-refractivity contribution in [2.24, 2.45) is 0 Å². The molecular weight excluding hydrogens is 322 g/mol. The zero-order valence-corrected chi connectivity index (χ0v) is 12.9. The van der Waals surface area contributed by atoms with Crippen LogP contribution in [0.1, 0.15) is 15.9 Å². The Hall–Kier alpha value is -1.26. The van der Waals surface area contributed by atoms with Gasteiger partial charge in [0.1, 0.15) is 0 Å². The molecule has 4 heteroatoms. The maximum absolute atomic E-state index is 12.0. The zero-order chi connectivity index (χ0) is 13.7. The molecule has 0 aliphatic heterocycles. The van der Waals surface area contributed by atoms with E-state index in [4.69, 9.17) is 0 Å². The lowest BCUT2D eigenvalue weighted by molar-refractivity contribution is 0.0951. The van der Waals surface area contributed by atoms with Crippen molar-refractivity contribution in [3.63, 3.8) is 0 Å². The second-order valence-electron chi connectivity index (χ2n) is 4.04. The maximum atomic E-state index is 12.0. The highest BCUT2D eigenvalue weighted by molar-refractivity contribution is 9.10. The predicted octanol–water partition coefficient (Wildman–Crippen LogP) is 4.10. The highest BCUT2D eigenvalue weighted by Gasteiger charge is 2.04. The van der Waals surface area contributed by atoms with Crippen molar-refractivity contribution in [1.82, 2.24) is 5.32 Å². The molecule has 2 aromatic rings. The minimum atomic E-state index is -0.0458. The van der Waals surface area contributed by atoms with Crippen LogP contribution in [-0.4, -0.2) is 12.2 Å². The first-order chi connectivity index (χ1) is 9.19. The SMILES string of the molecule is CSc1ccc(C(=O)NCc2ccc(Br)cc2)cc1. The summed E-state index contributed by atoms with van der Waals surface area (Å²) in [5.74, 6) is -0.0458. The molecule has 0 radical (unpaired) electrons. The minimum Gasteiger partial charge on any atom is -0.348 e. The fourth-order valence-electron chi connectivity index (χ4n) is 1.63. The average Bonchev–Trinajstić information content (AvgIpc) is 2.46. The molecular formula is C15H14BrNOS. The number of thioether (sulfide) groups is 1. The second kappa shape index (κ2) is 6.78.